The van der Waals surface area contributed by atoms with E-state index in [1.54, 1.807) is 0 Å². The van der Waals surface area contributed by atoms with Gasteiger partial charge in [-0.3, -0.25) is 0 Å². The maximum Gasteiger partial charge on any atom is 0.407 e. The van der Waals surface area contributed by atoms with Crippen molar-refractivity contribution in [3.8, 4) is 11.4 Å². The minimum atomic E-state index is -0.532. The number of alkyl carbamates (subject to hydrolysis) is 1. The van der Waals surface area contributed by atoms with Crippen LogP contribution in [0.5, 0.6) is 0 Å². The molecule has 7 nitrogen and oxygen atoms in total. The molecule has 23 heavy (non-hydrogen) atoms. The Bertz CT molecular complexity index is 648. The molecule has 3 rings (SSSR count). The van der Waals surface area contributed by atoms with Crippen LogP contribution >= 0.6 is 0 Å². The average Bonchev–Trinajstić information content (AvgIpc) is 3.09. The normalized spacial score (nSPS) is 14.6. The topological polar surface area (TPSA) is 80.5 Å². The number of hydrogen-bond donors (Lipinski definition) is 1. The van der Waals surface area contributed by atoms with E-state index in [-0.39, 0.29) is 6.54 Å². The summed E-state index contributed by atoms with van der Waals surface area (Å²) in [5.74, 6) is 0.849. The number of methoxy groups -OCH3 is 1. The van der Waals surface area contributed by atoms with Crippen LogP contribution in [-0.2, 0) is 11.3 Å². The van der Waals surface area contributed by atoms with Gasteiger partial charge >= 0.3 is 6.09 Å². The second-order valence-corrected chi connectivity index (χ2v) is 5.45. The Hall–Kier alpha value is -2.57. The average molecular weight is 316 g/mol. The number of carbonyl (C=O) groups excluding carboxylic acids is 1. The molecule has 1 aromatic carbocycles. The Kier molecular flexibility index (Phi) is 4.75. The summed E-state index contributed by atoms with van der Waals surface area (Å²) in [5, 5.41) is 6.44. The van der Waals surface area contributed by atoms with Gasteiger partial charge in [0.25, 0.3) is 0 Å². The number of aromatic nitrogens is 2. The molecule has 1 fully saturated rings. The van der Waals surface area contributed by atoms with Crippen LogP contribution in [0.15, 0.2) is 28.8 Å². The zero-order valence-corrected chi connectivity index (χ0v) is 13.1. The predicted molar refractivity (Wildman–Crippen MR) is 85.0 cm³/mol. The summed E-state index contributed by atoms with van der Waals surface area (Å²) < 4.78 is 9.61. The summed E-state index contributed by atoms with van der Waals surface area (Å²) in [7, 11) is 1.30. The van der Waals surface area contributed by atoms with Gasteiger partial charge in [-0.25, -0.2) is 4.79 Å². The molecule has 0 radical (unpaired) electrons. The lowest BCUT2D eigenvalue weighted by Gasteiger charge is -2.28. The number of rotatable bonds is 4. The van der Waals surface area contributed by atoms with Crippen molar-refractivity contribution >= 4 is 11.8 Å². The van der Waals surface area contributed by atoms with E-state index in [0.717, 1.165) is 18.7 Å². The van der Waals surface area contributed by atoms with Crippen LogP contribution in [0.25, 0.3) is 11.4 Å². The highest BCUT2D eigenvalue weighted by Gasteiger charge is 2.13. The molecule has 2 heterocycles. The molecule has 7 heteroatoms. The summed E-state index contributed by atoms with van der Waals surface area (Å²) in [6, 6.07) is 8.16. The molecule has 122 valence electrons. The summed E-state index contributed by atoms with van der Waals surface area (Å²) >= 11 is 0. The van der Waals surface area contributed by atoms with Crippen molar-refractivity contribution in [1.29, 1.82) is 0 Å². The first kappa shape index (κ1) is 15.3. The van der Waals surface area contributed by atoms with Gasteiger partial charge in [-0.05, 0) is 43.5 Å². The Balaban J connectivity index is 1.65. The molecule has 1 N–H and O–H groups in total. The minimum absolute atomic E-state index is 0.144. The molecule has 0 atom stereocenters. The molecule has 0 saturated carbocycles. The maximum atomic E-state index is 11.0. The Labute approximate surface area is 134 Å². The van der Waals surface area contributed by atoms with Crippen molar-refractivity contribution in [2.24, 2.45) is 0 Å². The predicted octanol–water partition coefficient (Wildman–Crippen LogP) is 2.58. The first-order chi connectivity index (χ1) is 11.3. The van der Waals surface area contributed by atoms with Gasteiger partial charge in [0.2, 0.25) is 11.7 Å². The number of amides is 1. The number of ether oxygens (including phenoxy) is 1. The van der Waals surface area contributed by atoms with Crippen molar-refractivity contribution in [1.82, 2.24) is 15.5 Å². The van der Waals surface area contributed by atoms with Gasteiger partial charge in [-0.2, -0.15) is 4.98 Å². The highest BCUT2D eigenvalue weighted by atomic mass is 16.5. The molecular weight excluding hydrogens is 296 g/mol. The quantitative estimate of drug-likeness (QED) is 0.934. The van der Waals surface area contributed by atoms with Crippen molar-refractivity contribution in [3.05, 3.63) is 30.2 Å². The van der Waals surface area contributed by atoms with E-state index >= 15 is 0 Å². The fourth-order valence-electron chi connectivity index (χ4n) is 2.64. The zero-order valence-electron chi connectivity index (χ0n) is 13.1. The van der Waals surface area contributed by atoms with Gasteiger partial charge < -0.3 is 19.5 Å². The molecule has 0 bridgehead atoms. The van der Waals surface area contributed by atoms with Crippen LogP contribution < -0.4 is 10.2 Å². The molecule has 0 spiro atoms. The molecule has 1 saturated heterocycles. The van der Waals surface area contributed by atoms with Gasteiger partial charge in [0.05, 0.1) is 7.11 Å². The van der Waals surface area contributed by atoms with Crippen LogP contribution in [-0.4, -0.2) is 36.4 Å². The van der Waals surface area contributed by atoms with Crippen molar-refractivity contribution in [3.63, 3.8) is 0 Å². The van der Waals surface area contributed by atoms with E-state index in [0.29, 0.717) is 11.7 Å². The van der Waals surface area contributed by atoms with Gasteiger partial charge in [0, 0.05) is 24.3 Å². The third-order valence-corrected chi connectivity index (χ3v) is 3.88. The SMILES string of the molecule is COC(=O)NCc1nc(-c2ccc(N3CCCCC3)cc2)no1. The first-order valence-corrected chi connectivity index (χ1v) is 7.76. The minimum Gasteiger partial charge on any atom is -0.453 e. The standard InChI is InChI=1S/C16H20N4O3/c1-22-16(21)17-11-14-18-15(19-23-14)12-5-7-13(8-6-12)20-9-3-2-4-10-20/h5-8H,2-4,9-11H2,1H3,(H,17,21). The Morgan fingerprint density at radius 1 is 1.26 bits per heavy atom. The van der Waals surface area contributed by atoms with E-state index in [1.165, 1.54) is 32.1 Å². The van der Waals surface area contributed by atoms with Crippen molar-refractivity contribution in [2.75, 3.05) is 25.1 Å². The third-order valence-electron chi connectivity index (χ3n) is 3.88. The summed E-state index contributed by atoms with van der Waals surface area (Å²) in [6.07, 6.45) is 3.29. The molecule has 1 amide bonds. The van der Waals surface area contributed by atoms with Gasteiger partial charge in [0.1, 0.15) is 6.54 Å². The number of carbonyl (C=O) groups is 1. The van der Waals surface area contributed by atoms with Gasteiger partial charge in [-0.15, -0.1) is 0 Å². The second kappa shape index (κ2) is 7.13. The highest BCUT2D eigenvalue weighted by molar-refractivity contribution is 5.66. The van der Waals surface area contributed by atoms with Crippen molar-refractivity contribution < 1.29 is 14.1 Å². The molecule has 2 aromatic rings. The number of benzene rings is 1. The Morgan fingerprint density at radius 2 is 2.00 bits per heavy atom. The molecule has 1 aliphatic heterocycles. The van der Waals surface area contributed by atoms with E-state index in [4.69, 9.17) is 4.52 Å². The zero-order chi connectivity index (χ0) is 16.1. The lowest BCUT2D eigenvalue weighted by Crippen LogP contribution is -2.29. The van der Waals surface area contributed by atoms with Gasteiger partial charge in [0.15, 0.2) is 0 Å². The number of nitrogens with zero attached hydrogens (tertiary/aromatic N) is 3. The fraction of sp³-hybridized carbons (Fsp3) is 0.438. The molecule has 0 aliphatic carbocycles. The fourth-order valence-corrected chi connectivity index (χ4v) is 2.64. The monoisotopic (exact) mass is 316 g/mol. The van der Waals surface area contributed by atoms with Crippen LogP contribution in [0.1, 0.15) is 25.2 Å². The maximum absolute atomic E-state index is 11.0. The van der Waals surface area contributed by atoms with Crippen LogP contribution in [0.2, 0.25) is 0 Å². The highest BCUT2D eigenvalue weighted by Crippen LogP contribution is 2.23. The molecule has 0 unspecified atom stereocenters. The van der Waals surface area contributed by atoms with E-state index in [1.807, 2.05) is 12.1 Å². The number of hydrogen-bond acceptors (Lipinski definition) is 6. The van der Waals surface area contributed by atoms with Crippen LogP contribution in [0.3, 0.4) is 0 Å². The number of anilines is 1. The molecule has 1 aliphatic rings. The smallest absolute Gasteiger partial charge is 0.407 e. The number of nitrogens with one attached hydrogen (secondary N) is 1. The summed E-state index contributed by atoms with van der Waals surface area (Å²) in [4.78, 5) is 17.7. The van der Waals surface area contributed by atoms with E-state index in [9.17, 15) is 4.79 Å². The van der Waals surface area contributed by atoms with Crippen molar-refractivity contribution in [2.45, 2.75) is 25.8 Å². The van der Waals surface area contributed by atoms with Gasteiger partial charge in [-0.1, -0.05) is 5.16 Å². The summed E-state index contributed by atoms with van der Waals surface area (Å²) in [6.45, 7) is 2.38. The molecule has 1 aromatic heterocycles. The van der Waals surface area contributed by atoms with E-state index < -0.39 is 6.09 Å². The summed E-state index contributed by atoms with van der Waals surface area (Å²) in [5.41, 5.74) is 2.11. The lowest BCUT2D eigenvalue weighted by molar-refractivity contribution is 0.169. The second-order valence-electron chi connectivity index (χ2n) is 5.45. The van der Waals surface area contributed by atoms with E-state index in [2.05, 4.69) is 37.2 Å². The number of piperidine rings is 1. The third kappa shape index (κ3) is 3.80. The van der Waals surface area contributed by atoms with Crippen LogP contribution in [0, 0.1) is 0 Å². The largest absolute Gasteiger partial charge is 0.453 e. The first-order valence-electron chi connectivity index (χ1n) is 7.76. The molecular formula is C16H20N4O3. The lowest BCUT2D eigenvalue weighted by atomic mass is 10.1. The van der Waals surface area contributed by atoms with Crippen LogP contribution in [0.4, 0.5) is 10.5 Å². The Morgan fingerprint density at radius 3 is 2.70 bits per heavy atom.